The van der Waals surface area contributed by atoms with Crippen molar-refractivity contribution in [2.75, 3.05) is 39.3 Å². The van der Waals surface area contributed by atoms with Crippen LogP contribution in [0.2, 0.25) is 0 Å². The topological polar surface area (TPSA) is 81.8 Å². The van der Waals surface area contributed by atoms with Crippen molar-refractivity contribution < 1.29 is 14.4 Å². The Morgan fingerprint density at radius 2 is 1.80 bits per heavy atom. The summed E-state index contributed by atoms with van der Waals surface area (Å²) in [4.78, 5) is 41.3. The second-order valence-electron chi connectivity index (χ2n) is 7.23. The van der Waals surface area contributed by atoms with Gasteiger partial charge in [0.15, 0.2) is 0 Å². The van der Waals surface area contributed by atoms with Gasteiger partial charge in [0.1, 0.15) is 0 Å². The van der Waals surface area contributed by atoms with Crippen molar-refractivity contribution in [3.8, 4) is 0 Å². The summed E-state index contributed by atoms with van der Waals surface area (Å²) in [7, 11) is 0. The Balaban J connectivity index is 1.50. The Kier molecular flexibility index (Phi) is 7.98. The number of thiophene rings is 1. The van der Waals surface area contributed by atoms with Crippen LogP contribution in [0.5, 0.6) is 0 Å². The van der Waals surface area contributed by atoms with E-state index in [2.05, 4.69) is 15.5 Å². The quantitative estimate of drug-likeness (QED) is 0.706. The van der Waals surface area contributed by atoms with Gasteiger partial charge in [0, 0.05) is 44.8 Å². The molecule has 3 amide bonds. The summed E-state index contributed by atoms with van der Waals surface area (Å²) in [6.45, 7) is 6.12. The standard InChI is InChI=1S/C22H28N4O3S/c1-2-23-20(27)16-25-10-4-11-26(13-12-25)22(29)18-8-6-17(7-9-18)15-24-21(28)19-5-3-14-30-19/h3,5-9,14H,2,4,10-13,15-16H2,1H3,(H,23,27)(H,24,28). The largest absolute Gasteiger partial charge is 0.355 e. The van der Waals surface area contributed by atoms with E-state index in [1.54, 1.807) is 6.07 Å². The Labute approximate surface area is 181 Å². The van der Waals surface area contributed by atoms with Crippen molar-refractivity contribution in [2.24, 2.45) is 0 Å². The van der Waals surface area contributed by atoms with Crippen LogP contribution in [-0.2, 0) is 11.3 Å². The van der Waals surface area contributed by atoms with Crippen molar-refractivity contribution in [1.82, 2.24) is 20.4 Å². The van der Waals surface area contributed by atoms with Gasteiger partial charge in [0.25, 0.3) is 11.8 Å². The van der Waals surface area contributed by atoms with Crippen LogP contribution in [0.25, 0.3) is 0 Å². The van der Waals surface area contributed by atoms with Gasteiger partial charge in [0.2, 0.25) is 5.91 Å². The molecular formula is C22H28N4O3S. The predicted octanol–water partition coefficient (Wildman–Crippen LogP) is 1.96. The summed E-state index contributed by atoms with van der Waals surface area (Å²) in [5.41, 5.74) is 1.58. The van der Waals surface area contributed by atoms with Crippen LogP contribution in [0.15, 0.2) is 41.8 Å². The molecule has 1 fully saturated rings. The fourth-order valence-corrected chi connectivity index (χ4v) is 4.05. The highest BCUT2D eigenvalue weighted by molar-refractivity contribution is 7.12. The number of hydrogen-bond acceptors (Lipinski definition) is 5. The minimum atomic E-state index is -0.0908. The van der Waals surface area contributed by atoms with Crippen LogP contribution in [0.1, 0.15) is 38.9 Å². The molecule has 2 N–H and O–H groups in total. The Morgan fingerprint density at radius 1 is 1.00 bits per heavy atom. The molecule has 0 saturated carbocycles. The number of likely N-dealkylation sites (N-methyl/N-ethyl adjacent to an activating group) is 1. The Bertz CT molecular complexity index is 852. The molecule has 0 bridgehead atoms. The molecule has 2 aromatic rings. The summed E-state index contributed by atoms with van der Waals surface area (Å²) < 4.78 is 0. The number of nitrogens with one attached hydrogen (secondary N) is 2. The van der Waals surface area contributed by atoms with Crippen LogP contribution in [-0.4, -0.2) is 66.8 Å². The van der Waals surface area contributed by atoms with E-state index >= 15 is 0 Å². The lowest BCUT2D eigenvalue weighted by molar-refractivity contribution is -0.122. The number of carbonyl (C=O) groups is 3. The first-order valence-corrected chi connectivity index (χ1v) is 11.1. The van der Waals surface area contributed by atoms with Crippen molar-refractivity contribution in [1.29, 1.82) is 0 Å². The monoisotopic (exact) mass is 428 g/mol. The van der Waals surface area contributed by atoms with Gasteiger partial charge < -0.3 is 15.5 Å². The van der Waals surface area contributed by atoms with Crippen LogP contribution < -0.4 is 10.6 Å². The summed E-state index contributed by atoms with van der Waals surface area (Å²) in [5, 5.41) is 7.58. The summed E-state index contributed by atoms with van der Waals surface area (Å²) >= 11 is 1.41. The van der Waals surface area contributed by atoms with Gasteiger partial charge in [-0.15, -0.1) is 11.3 Å². The zero-order chi connectivity index (χ0) is 21.3. The van der Waals surface area contributed by atoms with Crippen LogP contribution >= 0.6 is 11.3 Å². The fourth-order valence-electron chi connectivity index (χ4n) is 3.41. The van der Waals surface area contributed by atoms with Crippen molar-refractivity contribution >= 4 is 29.1 Å². The predicted molar refractivity (Wildman–Crippen MR) is 118 cm³/mol. The molecule has 2 heterocycles. The van der Waals surface area contributed by atoms with Crippen molar-refractivity contribution in [3.05, 3.63) is 57.8 Å². The maximum Gasteiger partial charge on any atom is 0.261 e. The summed E-state index contributed by atoms with van der Waals surface area (Å²) in [6.07, 6.45) is 0.845. The number of carbonyl (C=O) groups excluding carboxylic acids is 3. The van der Waals surface area contributed by atoms with Gasteiger partial charge in [-0.05, 0) is 42.5 Å². The maximum atomic E-state index is 12.9. The molecular weight excluding hydrogens is 400 g/mol. The lowest BCUT2D eigenvalue weighted by atomic mass is 10.1. The lowest BCUT2D eigenvalue weighted by Gasteiger charge is -2.22. The molecule has 0 atom stereocenters. The maximum absolute atomic E-state index is 12.9. The smallest absolute Gasteiger partial charge is 0.261 e. The van der Waals surface area contributed by atoms with Gasteiger partial charge in [-0.2, -0.15) is 0 Å². The van der Waals surface area contributed by atoms with Gasteiger partial charge in [-0.25, -0.2) is 0 Å². The normalized spacial score (nSPS) is 14.8. The zero-order valence-corrected chi connectivity index (χ0v) is 18.0. The second-order valence-corrected chi connectivity index (χ2v) is 8.18. The molecule has 0 spiro atoms. The molecule has 8 heteroatoms. The van der Waals surface area contributed by atoms with Gasteiger partial charge >= 0.3 is 0 Å². The summed E-state index contributed by atoms with van der Waals surface area (Å²) in [6, 6.07) is 11.0. The number of nitrogens with zero attached hydrogens (tertiary/aromatic N) is 2. The minimum absolute atomic E-state index is 0.00373. The molecule has 7 nitrogen and oxygen atoms in total. The highest BCUT2D eigenvalue weighted by Gasteiger charge is 2.21. The average molecular weight is 429 g/mol. The van der Waals surface area contributed by atoms with Crippen LogP contribution in [0.3, 0.4) is 0 Å². The van der Waals surface area contributed by atoms with E-state index in [0.29, 0.717) is 49.7 Å². The third-order valence-corrected chi connectivity index (χ3v) is 5.88. The molecule has 3 rings (SSSR count). The van der Waals surface area contributed by atoms with Crippen molar-refractivity contribution in [3.63, 3.8) is 0 Å². The third kappa shape index (κ3) is 6.14. The van der Waals surface area contributed by atoms with E-state index in [9.17, 15) is 14.4 Å². The van der Waals surface area contributed by atoms with Crippen LogP contribution in [0.4, 0.5) is 0 Å². The molecule has 30 heavy (non-hydrogen) atoms. The number of hydrogen-bond donors (Lipinski definition) is 2. The Morgan fingerprint density at radius 3 is 2.50 bits per heavy atom. The zero-order valence-electron chi connectivity index (χ0n) is 17.2. The first-order valence-electron chi connectivity index (χ1n) is 10.3. The molecule has 1 saturated heterocycles. The second kappa shape index (κ2) is 10.9. The lowest BCUT2D eigenvalue weighted by Crippen LogP contribution is -2.40. The average Bonchev–Trinajstić information content (AvgIpc) is 3.20. The van der Waals surface area contributed by atoms with E-state index in [1.807, 2.05) is 47.5 Å². The molecule has 0 radical (unpaired) electrons. The SMILES string of the molecule is CCNC(=O)CN1CCCN(C(=O)c2ccc(CNC(=O)c3cccs3)cc2)CC1. The fraction of sp³-hybridized carbons (Fsp3) is 0.409. The van der Waals surface area contributed by atoms with E-state index in [0.717, 1.165) is 18.5 Å². The molecule has 0 aliphatic carbocycles. The summed E-state index contributed by atoms with van der Waals surface area (Å²) in [5.74, 6) is -0.0602. The van der Waals surface area contributed by atoms with Crippen LogP contribution in [0, 0.1) is 0 Å². The van der Waals surface area contributed by atoms with E-state index < -0.39 is 0 Å². The highest BCUT2D eigenvalue weighted by atomic mass is 32.1. The Hall–Kier alpha value is -2.71. The first-order chi connectivity index (χ1) is 14.6. The molecule has 1 aliphatic heterocycles. The minimum Gasteiger partial charge on any atom is -0.355 e. The van der Waals surface area contributed by atoms with Crippen molar-refractivity contribution in [2.45, 2.75) is 19.9 Å². The molecule has 1 aliphatic rings. The van der Waals surface area contributed by atoms with Gasteiger partial charge in [-0.3, -0.25) is 19.3 Å². The van der Waals surface area contributed by atoms with E-state index in [1.165, 1.54) is 11.3 Å². The van der Waals surface area contributed by atoms with Gasteiger partial charge in [0.05, 0.1) is 11.4 Å². The molecule has 0 unspecified atom stereocenters. The van der Waals surface area contributed by atoms with Gasteiger partial charge in [-0.1, -0.05) is 18.2 Å². The number of amides is 3. The van der Waals surface area contributed by atoms with E-state index in [4.69, 9.17) is 0 Å². The number of rotatable bonds is 7. The molecule has 1 aromatic carbocycles. The highest BCUT2D eigenvalue weighted by Crippen LogP contribution is 2.12. The molecule has 1 aromatic heterocycles. The molecule has 160 valence electrons. The van der Waals surface area contributed by atoms with E-state index in [-0.39, 0.29) is 17.7 Å². The number of benzene rings is 1. The first kappa shape index (κ1) is 22.0. The third-order valence-electron chi connectivity index (χ3n) is 5.02.